The van der Waals surface area contributed by atoms with Crippen molar-refractivity contribution in [1.82, 2.24) is 5.32 Å². The molecule has 5 N–H and O–H groups in total. The lowest BCUT2D eigenvalue weighted by molar-refractivity contribution is 0.400. The molecule has 17 heavy (non-hydrogen) atoms. The molecule has 1 saturated heterocycles. The Morgan fingerprint density at radius 2 is 1.94 bits per heavy atom. The molecular formula is C12H17N5. The highest BCUT2D eigenvalue weighted by molar-refractivity contribution is 6.10. The summed E-state index contributed by atoms with van der Waals surface area (Å²) in [5, 5.41) is 8.96. The number of fused-ring (bicyclic) bond motifs is 2. The van der Waals surface area contributed by atoms with Crippen LogP contribution in [0.3, 0.4) is 0 Å². The molecule has 2 heterocycles. The van der Waals surface area contributed by atoms with Gasteiger partial charge in [0.15, 0.2) is 5.84 Å². The van der Waals surface area contributed by atoms with Crippen molar-refractivity contribution >= 4 is 11.5 Å². The number of piperidine rings is 1. The number of hydrazine groups is 1. The molecule has 1 fully saturated rings. The van der Waals surface area contributed by atoms with E-state index < -0.39 is 0 Å². The van der Waals surface area contributed by atoms with Gasteiger partial charge in [-0.2, -0.15) is 5.10 Å². The van der Waals surface area contributed by atoms with Crippen LogP contribution in [0.15, 0.2) is 29.4 Å². The van der Waals surface area contributed by atoms with E-state index in [1.54, 1.807) is 5.01 Å². The van der Waals surface area contributed by atoms with Crippen LogP contribution in [0.2, 0.25) is 0 Å². The van der Waals surface area contributed by atoms with E-state index in [1.165, 1.54) is 5.56 Å². The van der Waals surface area contributed by atoms with Crippen molar-refractivity contribution in [3.63, 3.8) is 0 Å². The monoisotopic (exact) mass is 231 g/mol. The zero-order chi connectivity index (χ0) is 11.9. The third kappa shape index (κ3) is 1.29. The van der Waals surface area contributed by atoms with Crippen LogP contribution < -0.4 is 22.0 Å². The molecule has 0 saturated carbocycles. The number of rotatable bonds is 0. The molecule has 3 rings (SSSR count). The van der Waals surface area contributed by atoms with Crippen LogP contribution in [-0.2, 0) is 5.41 Å². The molecule has 1 aromatic carbocycles. The van der Waals surface area contributed by atoms with Crippen molar-refractivity contribution in [2.24, 2.45) is 16.8 Å². The second kappa shape index (κ2) is 3.72. The maximum atomic E-state index is 6.11. The van der Waals surface area contributed by atoms with E-state index in [9.17, 15) is 0 Å². The van der Waals surface area contributed by atoms with E-state index in [-0.39, 0.29) is 5.41 Å². The van der Waals surface area contributed by atoms with Gasteiger partial charge >= 0.3 is 0 Å². The van der Waals surface area contributed by atoms with E-state index in [0.29, 0.717) is 0 Å². The first-order valence-electron chi connectivity index (χ1n) is 5.93. The highest BCUT2D eigenvalue weighted by Gasteiger charge is 2.48. The first-order valence-corrected chi connectivity index (χ1v) is 5.93. The maximum absolute atomic E-state index is 6.11. The second-order valence-corrected chi connectivity index (χ2v) is 4.67. The number of nitrogens with two attached hydrogens (primary N) is 2. The zero-order valence-electron chi connectivity index (χ0n) is 9.69. The van der Waals surface area contributed by atoms with Crippen LogP contribution in [0.4, 0.5) is 5.69 Å². The number of amidine groups is 1. The van der Waals surface area contributed by atoms with Crippen LogP contribution >= 0.6 is 0 Å². The molecule has 2 aliphatic heterocycles. The number of nitrogens with one attached hydrogen (secondary N) is 1. The van der Waals surface area contributed by atoms with Gasteiger partial charge in [0.1, 0.15) is 0 Å². The smallest absolute Gasteiger partial charge is 0.154 e. The molecule has 1 spiro atoms. The summed E-state index contributed by atoms with van der Waals surface area (Å²) < 4.78 is 0. The van der Waals surface area contributed by atoms with Crippen LogP contribution in [-0.4, -0.2) is 18.9 Å². The molecule has 0 atom stereocenters. The van der Waals surface area contributed by atoms with Gasteiger partial charge in [0.25, 0.3) is 0 Å². The quantitative estimate of drug-likeness (QED) is 0.442. The number of benzene rings is 1. The second-order valence-electron chi connectivity index (χ2n) is 4.67. The molecular weight excluding hydrogens is 214 g/mol. The van der Waals surface area contributed by atoms with E-state index in [4.69, 9.17) is 11.7 Å². The first-order chi connectivity index (χ1) is 8.29. The molecule has 0 aromatic heterocycles. The Hall–Kier alpha value is -1.59. The van der Waals surface area contributed by atoms with E-state index in [2.05, 4.69) is 22.6 Å². The fourth-order valence-electron chi connectivity index (χ4n) is 3.09. The van der Waals surface area contributed by atoms with Gasteiger partial charge in [0.2, 0.25) is 0 Å². The van der Waals surface area contributed by atoms with Crippen molar-refractivity contribution in [2.45, 2.75) is 18.3 Å². The largest absolute Gasteiger partial charge is 0.321 e. The Kier molecular flexibility index (Phi) is 2.31. The number of hydrogen-bond acceptors (Lipinski definition) is 4. The summed E-state index contributed by atoms with van der Waals surface area (Å²) in [5.74, 6) is 12.5. The van der Waals surface area contributed by atoms with Gasteiger partial charge in [-0.25, -0.2) is 5.84 Å². The van der Waals surface area contributed by atoms with Gasteiger partial charge in [0.05, 0.1) is 11.1 Å². The summed E-state index contributed by atoms with van der Waals surface area (Å²) in [5.41, 5.74) is 2.19. The van der Waals surface area contributed by atoms with Crippen molar-refractivity contribution in [3.8, 4) is 0 Å². The number of anilines is 1. The molecule has 2 aliphatic rings. The standard InChI is InChI=1S/C12H17N5/c13-16-11-12(5-7-15-8-6-12)9-3-1-2-4-10(9)17(11)14/h1-4,15H,5-8,13-14H2/b16-11-. The maximum Gasteiger partial charge on any atom is 0.154 e. The van der Waals surface area contributed by atoms with E-state index in [1.807, 2.05) is 12.1 Å². The third-order valence-electron chi connectivity index (χ3n) is 3.91. The lowest BCUT2D eigenvalue weighted by Gasteiger charge is -2.34. The summed E-state index contributed by atoms with van der Waals surface area (Å²) in [7, 11) is 0. The Balaban J connectivity index is 2.18. The number of hydrogen-bond donors (Lipinski definition) is 3. The Morgan fingerprint density at radius 3 is 2.65 bits per heavy atom. The van der Waals surface area contributed by atoms with Crippen LogP contribution in [0, 0.1) is 0 Å². The van der Waals surface area contributed by atoms with Gasteiger partial charge in [0, 0.05) is 0 Å². The average molecular weight is 231 g/mol. The number of nitrogens with zero attached hydrogens (tertiary/aromatic N) is 2. The minimum atomic E-state index is -0.0919. The van der Waals surface area contributed by atoms with Crippen molar-refractivity contribution < 1.29 is 0 Å². The molecule has 5 nitrogen and oxygen atoms in total. The fraction of sp³-hybridized carbons (Fsp3) is 0.417. The Labute approximate surface area is 100 Å². The highest BCUT2D eigenvalue weighted by atomic mass is 15.5. The van der Waals surface area contributed by atoms with Gasteiger partial charge < -0.3 is 11.2 Å². The molecule has 0 amide bonds. The molecule has 90 valence electrons. The molecule has 0 radical (unpaired) electrons. The molecule has 1 aromatic rings. The van der Waals surface area contributed by atoms with Crippen LogP contribution in [0.5, 0.6) is 0 Å². The van der Waals surface area contributed by atoms with Crippen molar-refractivity contribution in [3.05, 3.63) is 29.8 Å². The lowest BCUT2D eigenvalue weighted by atomic mass is 9.74. The van der Waals surface area contributed by atoms with E-state index >= 15 is 0 Å². The Bertz CT molecular complexity index is 462. The zero-order valence-corrected chi connectivity index (χ0v) is 9.69. The first kappa shape index (κ1) is 10.6. The summed E-state index contributed by atoms with van der Waals surface area (Å²) in [6, 6.07) is 8.21. The van der Waals surface area contributed by atoms with Crippen molar-refractivity contribution in [1.29, 1.82) is 0 Å². The minimum Gasteiger partial charge on any atom is -0.321 e. The van der Waals surface area contributed by atoms with Crippen LogP contribution in [0.1, 0.15) is 18.4 Å². The average Bonchev–Trinajstić information content (AvgIpc) is 2.61. The van der Waals surface area contributed by atoms with Crippen molar-refractivity contribution in [2.75, 3.05) is 18.1 Å². The topological polar surface area (TPSA) is 79.7 Å². The van der Waals surface area contributed by atoms with Gasteiger partial charge in [-0.05, 0) is 37.6 Å². The summed E-state index contributed by atoms with van der Waals surface area (Å²) in [6.45, 7) is 1.95. The third-order valence-corrected chi connectivity index (χ3v) is 3.91. The molecule has 0 bridgehead atoms. The van der Waals surface area contributed by atoms with Gasteiger partial charge in [-0.3, -0.25) is 5.01 Å². The number of hydrazone groups is 1. The summed E-state index contributed by atoms with van der Waals surface area (Å²) >= 11 is 0. The SMILES string of the molecule is N/N=C1\N(N)c2ccccc2C12CCNCC2. The highest BCUT2D eigenvalue weighted by Crippen LogP contribution is 2.45. The Morgan fingerprint density at radius 1 is 1.24 bits per heavy atom. The lowest BCUT2D eigenvalue weighted by Crippen LogP contribution is -2.49. The molecule has 0 aliphatic carbocycles. The van der Waals surface area contributed by atoms with Gasteiger partial charge in [-0.15, -0.1) is 0 Å². The summed E-state index contributed by atoms with van der Waals surface area (Å²) in [4.78, 5) is 0. The normalized spacial score (nSPS) is 24.3. The minimum absolute atomic E-state index is 0.0919. The van der Waals surface area contributed by atoms with Gasteiger partial charge in [-0.1, -0.05) is 18.2 Å². The van der Waals surface area contributed by atoms with E-state index in [0.717, 1.165) is 37.5 Å². The summed E-state index contributed by atoms with van der Waals surface area (Å²) in [6.07, 6.45) is 1.99. The number of para-hydroxylation sites is 1. The fourth-order valence-corrected chi connectivity index (χ4v) is 3.09. The predicted molar refractivity (Wildman–Crippen MR) is 68.5 cm³/mol. The predicted octanol–water partition coefficient (Wildman–Crippen LogP) is 0.274. The molecule has 5 heteroatoms. The van der Waals surface area contributed by atoms with Crippen LogP contribution in [0.25, 0.3) is 0 Å². The molecule has 0 unspecified atom stereocenters.